The van der Waals surface area contributed by atoms with Gasteiger partial charge in [-0.25, -0.2) is 12.8 Å². The molecule has 2 aromatic rings. The van der Waals surface area contributed by atoms with Crippen molar-refractivity contribution in [2.75, 3.05) is 25.4 Å². The third-order valence-corrected chi connectivity index (χ3v) is 6.00. The predicted molar refractivity (Wildman–Crippen MR) is 97.3 cm³/mol. The van der Waals surface area contributed by atoms with Crippen LogP contribution in [0.25, 0.3) is 0 Å². The van der Waals surface area contributed by atoms with E-state index in [2.05, 4.69) is 0 Å². The number of sulfonamides is 1. The van der Waals surface area contributed by atoms with E-state index in [0.29, 0.717) is 18.8 Å². The van der Waals surface area contributed by atoms with Crippen molar-refractivity contribution in [1.29, 1.82) is 0 Å². The van der Waals surface area contributed by atoms with E-state index < -0.39 is 10.0 Å². The van der Waals surface area contributed by atoms with E-state index in [0.717, 1.165) is 18.6 Å². The maximum Gasteiger partial charge on any atom is 0.217 e. The third-order valence-electron chi connectivity index (χ3n) is 4.20. The first-order valence-corrected chi connectivity index (χ1v) is 10.2. The Labute approximate surface area is 153 Å². The molecule has 0 aliphatic carbocycles. The van der Waals surface area contributed by atoms with Crippen LogP contribution in [0.1, 0.15) is 12.8 Å². The average Bonchev–Trinajstić information content (AvgIpc) is 2.64. The highest BCUT2D eigenvalue weighted by atomic mass is 32.2. The molecular weight excluding hydrogens is 357 g/mol. The Morgan fingerprint density at radius 1 is 1.04 bits per heavy atom. The van der Waals surface area contributed by atoms with Gasteiger partial charge in [-0.15, -0.1) is 0 Å². The molecule has 1 aliphatic rings. The lowest BCUT2D eigenvalue weighted by atomic mass is 10.1. The smallest absolute Gasteiger partial charge is 0.217 e. The van der Waals surface area contributed by atoms with E-state index in [1.165, 1.54) is 28.6 Å². The van der Waals surface area contributed by atoms with E-state index in [4.69, 9.17) is 9.47 Å². The molecule has 0 saturated carbocycles. The molecule has 5 nitrogen and oxygen atoms in total. The molecule has 7 heteroatoms. The van der Waals surface area contributed by atoms with Gasteiger partial charge in [0.25, 0.3) is 0 Å². The zero-order chi connectivity index (χ0) is 18.4. The highest BCUT2D eigenvalue weighted by Crippen LogP contribution is 2.20. The van der Waals surface area contributed by atoms with Gasteiger partial charge in [0.2, 0.25) is 10.0 Å². The Balaban J connectivity index is 1.52. The first-order chi connectivity index (χ1) is 12.5. The molecule has 2 aromatic carbocycles. The number of para-hydroxylation sites is 1. The molecule has 0 amide bonds. The molecule has 1 saturated heterocycles. The number of piperidine rings is 1. The first-order valence-electron chi connectivity index (χ1n) is 8.61. The van der Waals surface area contributed by atoms with Crippen molar-refractivity contribution in [3.63, 3.8) is 0 Å². The van der Waals surface area contributed by atoms with Crippen molar-refractivity contribution in [3.8, 4) is 11.5 Å². The van der Waals surface area contributed by atoms with Gasteiger partial charge in [-0.3, -0.25) is 0 Å². The SMILES string of the molecule is O=S(=O)(CCOc1ccc(F)cc1)N1CCCC(Oc2ccccc2)C1. The second kappa shape index (κ2) is 8.51. The second-order valence-electron chi connectivity index (χ2n) is 6.17. The molecule has 1 heterocycles. The van der Waals surface area contributed by atoms with Crippen molar-refractivity contribution in [2.24, 2.45) is 0 Å². The van der Waals surface area contributed by atoms with Gasteiger partial charge < -0.3 is 9.47 Å². The Hall–Kier alpha value is -2.12. The van der Waals surface area contributed by atoms with Gasteiger partial charge in [0, 0.05) is 6.54 Å². The third kappa shape index (κ3) is 5.19. The fourth-order valence-electron chi connectivity index (χ4n) is 2.87. The van der Waals surface area contributed by atoms with Crippen LogP contribution in [-0.4, -0.2) is 44.3 Å². The Bertz CT molecular complexity index is 796. The predicted octanol–water partition coefficient (Wildman–Crippen LogP) is 3.08. The molecule has 0 N–H and O–H groups in total. The quantitative estimate of drug-likeness (QED) is 0.742. The maximum absolute atomic E-state index is 12.9. The normalized spacial score (nSPS) is 18.4. The summed E-state index contributed by atoms with van der Waals surface area (Å²) >= 11 is 0. The molecule has 1 fully saturated rings. The number of halogens is 1. The number of hydrogen-bond donors (Lipinski definition) is 0. The second-order valence-corrected chi connectivity index (χ2v) is 8.26. The molecule has 0 bridgehead atoms. The van der Waals surface area contributed by atoms with Crippen molar-refractivity contribution in [2.45, 2.75) is 18.9 Å². The fraction of sp³-hybridized carbons (Fsp3) is 0.368. The summed E-state index contributed by atoms with van der Waals surface area (Å²) in [5, 5.41) is 0. The minimum absolute atomic E-state index is 0.0225. The first kappa shape index (κ1) is 18.7. The highest BCUT2D eigenvalue weighted by Gasteiger charge is 2.29. The summed E-state index contributed by atoms with van der Waals surface area (Å²) in [7, 11) is -3.43. The molecule has 3 rings (SSSR count). The van der Waals surface area contributed by atoms with E-state index in [1.807, 2.05) is 30.3 Å². The molecule has 0 spiro atoms. The van der Waals surface area contributed by atoms with Crippen LogP contribution >= 0.6 is 0 Å². The van der Waals surface area contributed by atoms with Crippen LogP contribution in [-0.2, 0) is 10.0 Å². The number of hydrogen-bond acceptors (Lipinski definition) is 4. The zero-order valence-corrected chi connectivity index (χ0v) is 15.2. The molecule has 0 radical (unpaired) electrons. The van der Waals surface area contributed by atoms with Crippen molar-refractivity contribution in [1.82, 2.24) is 4.31 Å². The monoisotopic (exact) mass is 379 g/mol. The minimum atomic E-state index is -3.43. The summed E-state index contributed by atoms with van der Waals surface area (Å²) in [4.78, 5) is 0. The Kier molecular flexibility index (Phi) is 6.11. The van der Waals surface area contributed by atoms with Crippen LogP contribution in [0.3, 0.4) is 0 Å². The van der Waals surface area contributed by atoms with Gasteiger partial charge in [0.15, 0.2) is 0 Å². The van der Waals surface area contributed by atoms with Crippen LogP contribution < -0.4 is 9.47 Å². The van der Waals surface area contributed by atoms with Crippen LogP contribution in [0.4, 0.5) is 4.39 Å². The molecule has 0 aromatic heterocycles. The molecule has 1 unspecified atom stereocenters. The van der Waals surface area contributed by atoms with Gasteiger partial charge in [0.1, 0.15) is 30.0 Å². The molecule has 1 aliphatic heterocycles. The van der Waals surface area contributed by atoms with Crippen molar-refractivity contribution in [3.05, 3.63) is 60.4 Å². The lowest BCUT2D eigenvalue weighted by molar-refractivity contribution is 0.129. The summed E-state index contributed by atoms with van der Waals surface area (Å²) in [6, 6.07) is 14.9. The van der Waals surface area contributed by atoms with Crippen molar-refractivity contribution < 1.29 is 22.3 Å². The molecule has 1 atom stereocenters. The van der Waals surface area contributed by atoms with E-state index in [9.17, 15) is 12.8 Å². The Morgan fingerprint density at radius 2 is 1.77 bits per heavy atom. The number of rotatable bonds is 7. The van der Waals surface area contributed by atoms with Crippen LogP contribution in [0.2, 0.25) is 0 Å². The van der Waals surface area contributed by atoms with Crippen LogP contribution in [0.15, 0.2) is 54.6 Å². The summed E-state index contributed by atoms with van der Waals surface area (Å²) in [6.07, 6.45) is 1.43. The number of nitrogens with zero attached hydrogens (tertiary/aromatic N) is 1. The minimum Gasteiger partial charge on any atom is -0.492 e. The lowest BCUT2D eigenvalue weighted by Crippen LogP contribution is -2.45. The molecule has 26 heavy (non-hydrogen) atoms. The summed E-state index contributed by atoms with van der Waals surface area (Å²) in [5.41, 5.74) is 0. The van der Waals surface area contributed by atoms with Gasteiger partial charge in [0.05, 0.1) is 12.3 Å². The zero-order valence-electron chi connectivity index (χ0n) is 14.4. The molecule has 140 valence electrons. The van der Waals surface area contributed by atoms with Crippen molar-refractivity contribution >= 4 is 10.0 Å². The van der Waals surface area contributed by atoms with E-state index >= 15 is 0 Å². The van der Waals surface area contributed by atoms with Crippen LogP contribution in [0, 0.1) is 5.82 Å². The van der Waals surface area contributed by atoms with Crippen LogP contribution in [0.5, 0.6) is 11.5 Å². The number of benzene rings is 2. The summed E-state index contributed by atoms with van der Waals surface area (Å²) in [6.45, 7) is 0.857. The summed E-state index contributed by atoms with van der Waals surface area (Å²) in [5.74, 6) is 0.715. The van der Waals surface area contributed by atoms with E-state index in [-0.39, 0.29) is 24.3 Å². The molecular formula is C19H22FNO4S. The highest BCUT2D eigenvalue weighted by molar-refractivity contribution is 7.89. The van der Waals surface area contributed by atoms with Gasteiger partial charge in [-0.2, -0.15) is 4.31 Å². The standard InChI is InChI=1S/C19H22FNO4S/c20-16-8-10-17(11-9-16)24-13-14-26(22,23)21-12-4-7-19(15-21)25-18-5-2-1-3-6-18/h1-3,5-6,8-11,19H,4,7,12-15H2. The Morgan fingerprint density at radius 3 is 2.50 bits per heavy atom. The summed E-state index contributed by atoms with van der Waals surface area (Å²) < 4.78 is 50.8. The lowest BCUT2D eigenvalue weighted by Gasteiger charge is -2.32. The van der Waals surface area contributed by atoms with Gasteiger partial charge in [-0.05, 0) is 49.2 Å². The van der Waals surface area contributed by atoms with E-state index in [1.54, 1.807) is 0 Å². The van der Waals surface area contributed by atoms with Gasteiger partial charge >= 0.3 is 0 Å². The maximum atomic E-state index is 12.9. The topological polar surface area (TPSA) is 55.8 Å². The fourth-order valence-corrected chi connectivity index (χ4v) is 4.22. The van der Waals surface area contributed by atoms with Gasteiger partial charge in [-0.1, -0.05) is 18.2 Å². The average molecular weight is 379 g/mol. The number of ether oxygens (including phenoxy) is 2. The largest absolute Gasteiger partial charge is 0.492 e.